The van der Waals surface area contributed by atoms with Crippen molar-refractivity contribution in [1.29, 1.82) is 0 Å². The zero-order chi connectivity index (χ0) is 34.5. The third-order valence-corrected chi connectivity index (χ3v) is 7.80. The van der Waals surface area contributed by atoms with E-state index in [-0.39, 0.29) is 0 Å². The summed E-state index contributed by atoms with van der Waals surface area (Å²) in [6.07, 6.45) is 15.5. The maximum absolute atomic E-state index is 5.63. The number of halogens is 1. The number of alkyl halides is 1. The lowest BCUT2D eigenvalue weighted by Crippen LogP contribution is -2.15. The molecule has 0 aromatic heterocycles. The first-order valence-electron chi connectivity index (χ1n) is 18.8. The molecule has 0 aliphatic heterocycles. The molecule has 0 aromatic carbocycles. The van der Waals surface area contributed by atoms with Crippen LogP contribution in [0.3, 0.4) is 0 Å². The van der Waals surface area contributed by atoms with Crippen LogP contribution in [0.4, 0.5) is 0 Å². The molecule has 0 N–H and O–H groups in total. The van der Waals surface area contributed by atoms with E-state index < -0.39 is 0 Å². The normalized spacial score (nSPS) is 11.6. The molecule has 0 rings (SSSR count). The molecule has 0 heterocycles. The minimum Gasteiger partial charge on any atom is -0.379 e. The summed E-state index contributed by atoms with van der Waals surface area (Å²) in [5.41, 5.74) is 0. The maximum Gasteiger partial charge on any atom is 0.0701 e. The Kier molecular flexibility index (Phi) is 47.6. The SMILES string of the molecule is CCCCCCCCCCOCCOCCOCCOCCOCCOCCOCCOCCOCCOCCOCCCCCCI. The summed E-state index contributed by atoms with van der Waals surface area (Å²) in [6, 6.07) is 0. The first kappa shape index (κ1) is 48.3. The van der Waals surface area contributed by atoms with Gasteiger partial charge in [0.15, 0.2) is 0 Å². The molecule has 0 saturated heterocycles. The van der Waals surface area contributed by atoms with E-state index in [9.17, 15) is 0 Å². The van der Waals surface area contributed by atoms with Gasteiger partial charge in [0, 0.05) is 13.2 Å². The van der Waals surface area contributed by atoms with E-state index in [0.29, 0.717) is 132 Å². The van der Waals surface area contributed by atoms with Crippen molar-refractivity contribution in [3.63, 3.8) is 0 Å². The summed E-state index contributed by atoms with van der Waals surface area (Å²) in [5, 5.41) is 0. The second-order valence-corrected chi connectivity index (χ2v) is 12.4. The second kappa shape index (κ2) is 47.3. The average molecular weight is 809 g/mol. The molecule has 290 valence electrons. The Balaban J connectivity index is 3.04. The lowest BCUT2D eigenvalue weighted by Gasteiger charge is -2.09. The van der Waals surface area contributed by atoms with E-state index in [1.807, 2.05) is 0 Å². The molecule has 11 nitrogen and oxygen atoms in total. The van der Waals surface area contributed by atoms with Crippen LogP contribution in [0, 0.1) is 0 Å². The van der Waals surface area contributed by atoms with Crippen LogP contribution in [0.15, 0.2) is 0 Å². The Bertz CT molecular complexity index is 506. The van der Waals surface area contributed by atoms with Gasteiger partial charge in [-0.2, -0.15) is 0 Å². The predicted molar refractivity (Wildman–Crippen MR) is 199 cm³/mol. The molecule has 0 aliphatic rings. The summed E-state index contributed by atoms with van der Waals surface area (Å²) in [7, 11) is 0. The van der Waals surface area contributed by atoms with Crippen molar-refractivity contribution in [3.8, 4) is 0 Å². The number of unbranched alkanes of at least 4 members (excludes halogenated alkanes) is 10. The van der Waals surface area contributed by atoms with Gasteiger partial charge in [0.25, 0.3) is 0 Å². The van der Waals surface area contributed by atoms with Crippen LogP contribution in [-0.4, -0.2) is 150 Å². The van der Waals surface area contributed by atoms with Crippen molar-refractivity contribution in [1.82, 2.24) is 0 Å². The largest absolute Gasteiger partial charge is 0.379 e. The summed E-state index contributed by atoms with van der Waals surface area (Å²) in [6.45, 7) is 15.1. The van der Waals surface area contributed by atoms with Gasteiger partial charge in [-0.25, -0.2) is 0 Å². The van der Waals surface area contributed by atoms with Crippen molar-refractivity contribution < 1.29 is 52.1 Å². The first-order valence-corrected chi connectivity index (χ1v) is 20.4. The van der Waals surface area contributed by atoms with Gasteiger partial charge < -0.3 is 52.1 Å². The van der Waals surface area contributed by atoms with Crippen LogP contribution in [-0.2, 0) is 52.1 Å². The van der Waals surface area contributed by atoms with Crippen LogP contribution >= 0.6 is 22.6 Å². The highest BCUT2D eigenvalue weighted by Gasteiger charge is 1.97. The van der Waals surface area contributed by atoms with E-state index in [0.717, 1.165) is 26.1 Å². The highest BCUT2D eigenvalue weighted by Crippen LogP contribution is 2.08. The third kappa shape index (κ3) is 46.3. The monoisotopic (exact) mass is 808 g/mol. The van der Waals surface area contributed by atoms with Crippen molar-refractivity contribution in [2.75, 3.05) is 150 Å². The van der Waals surface area contributed by atoms with E-state index in [1.165, 1.54) is 68.6 Å². The quantitative estimate of drug-likeness (QED) is 0.0394. The topological polar surface area (TPSA) is 102 Å². The van der Waals surface area contributed by atoms with E-state index in [1.54, 1.807) is 0 Å². The summed E-state index contributed by atoms with van der Waals surface area (Å²) in [4.78, 5) is 0. The molecule has 0 bridgehead atoms. The molecule has 0 aliphatic carbocycles. The minimum atomic E-state index is 0.528. The smallest absolute Gasteiger partial charge is 0.0701 e. The third-order valence-electron chi connectivity index (χ3n) is 7.03. The van der Waals surface area contributed by atoms with Crippen molar-refractivity contribution in [2.24, 2.45) is 0 Å². The Morgan fingerprint density at radius 3 is 0.646 bits per heavy atom. The molecule has 48 heavy (non-hydrogen) atoms. The zero-order valence-corrected chi connectivity index (χ0v) is 32.8. The number of rotatable bonds is 45. The van der Waals surface area contributed by atoms with Crippen LogP contribution in [0.2, 0.25) is 0 Å². The standard InChI is InChI=1S/C36H73IO11/c1-2-3-4-5-6-7-9-12-15-38-17-19-40-21-23-42-25-27-44-29-31-46-33-35-48-36-34-47-32-30-45-28-26-43-24-22-41-20-18-39-16-13-10-8-11-14-37/h2-36H2,1H3. The van der Waals surface area contributed by atoms with Gasteiger partial charge in [0.1, 0.15) is 0 Å². The van der Waals surface area contributed by atoms with Crippen LogP contribution < -0.4 is 0 Å². The van der Waals surface area contributed by atoms with Crippen LogP contribution in [0.1, 0.15) is 84.0 Å². The molecule has 0 unspecified atom stereocenters. The molecule has 0 atom stereocenters. The Labute approximate surface area is 307 Å². The van der Waals surface area contributed by atoms with Crippen molar-refractivity contribution >= 4 is 22.6 Å². The van der Waals surface area contributed by atoms with Gasteiger partial charge in [0.2, 0.25) is 0 Å². The zero-order valence-electron chi connectivity index (χ0n) is 30.6. The van der Waals surface area contributed by atoms with Gasteiger partial charge in [-0.1, -0.05) is 87.3 Å². The Morgan fingerprint density at radius 1 is 0.229 bits per heavy atom. The van der Waals surface area contributed by atoms with E-state index in [2.05, 4.69) is 29.5 Å². The average Bonchev–Trinajstić information content (AvgIpc) is 3.10. The number of hydrogen-bond donors (Lipinski definition) is 0. The molecular weight excluding hydrogens is 735 g/mol. The lowest BCUT2D eigenvalue weighted by atomic mass is 10.1. The highest BCUT2D eigenvalue weighted by atomic mass is 127. The summed E-state index contributed by atoms with van der Waals surface area (Å²) in [5.74, 6) is 0. The van der Waals surface area contributed by atoms with Gasteiger partial charge in [-0.05, 0) is 23.7 Å². The highest BCUT2D eigenvalue weighted by molar-refractivity contribution is 14.1. The Hall–Kier alpha value is 0.290. The van der Waals surface area contributed by atoms with Gasteiger partial charge >= 0.3 is 0 Å². The minimum absolute atomic E-state index is 0.528. The van der Waals surface area contributed by atoms with E-state index in [4.69, 9.17) is 52.1 Å². The Morgan fingerprint density at radius 2 is 0.417 bits per heavy atom. The first-order chi connectivity index (χ1) is 23.9. The van der Waals surface area contributed by atoms with E-state index >= 15 is 0 Å². The van der Waals surface area contributed by atoms with Crippen LogP contribution in [0.25, 0.3) is 0 Å². The molecule has 0 radical (unpaired) electrons. The van der Waals surface area contributed by atoms with Gasteiger partial charge in [0.05, 0.1) is 132 Å². The molecule has 0 fully saturated rings. The van der Waals surface area contributed by atoms with Crippen LogP contribution in [0.5, 0.6) is 0 Å². The van der Waals surface area contributed by atoms with Crippen molar-refractivity contribution in [3.05, 3.63) is 0 Å². The molecule has 0 aromatic rings. The molecule has 0 saturated carbocycles. The summed E-state index contributed by atoms with van der Waals surface area (Å²) >= 11 is 2.42. The second-order valence-electron chi connectivity index (χ2n) is 11.3. The molecular formula is C36H73IO11. The fourth-order valence-corrected chi connectivity index (χ4v) is 4.83. The lowest BCUT2D eigenvalue weighted by molar-refractivity contribution is -0.0275. The fraction of sp³-hybridized carbons (Fsp3) is 1.00. The van der Waals surface area contributed by atoms with Gasteiger partial charge in [-0.15, -0.1) is 0 Å². The summed E-state index contributed by atoms with van der Waals surface area (Å²) < 4.78 is 62.0. The maximum atomic E-state index is 5.63. The van der Waals surface area contributed by atoms with Gasteiger partial charge in [-0.3, -0.25) is 0 Å². The fourth-order valence-electron chi connectivity index (χ4n) is 4.29. The molecule has 0 amide bonds. The number of ether oxygens (including phenoxy) is 11. The molecule has 12 heteroatoms. The number of hydrogen-bond acceptors (Lipinski definition) is 11. The van der Waals surface area contributed by atoms with Crippen molar-refractivity contribution in [2.45, 2.75) is 84.0 Å². The molecule has 0 spiro atoms. The predicted octanol–water partition coefficient (Wildman–Crippen LogP) is 6.31.